The Bertz CT molecular complexity index is 837. The first-order chi connectivity index (χ1) is 11.4. The van der Waals surface area contributed by atoms with E-state index in [9.17, 15) is 14.4 Å². The normalized spacial score (nSPS) is 10.3. The van der Waals surface area contributed by atoms with Gasteiger partial charge in [0.05, 0.1) is 16.1 Å². The Hall–Kier alpha value is -2.09. The maximum atomic E-state index is 11.7. The van der Waals surface area contributed by atoms with Crippen molar-refractivity contribution in [1.29, 1.82) is 0 Å². The molecule has 0 aliphatic carbocycles. The average Bonchev–Trinajstić information content (AvgIpc) is 2.56. The van der Waals surface area contributed by atoms with Crippen LogP contribution in [0.2, 0.25) is 15.2 Å². The number of nitrogens with zero attached hydrogens (tertiary/aromatic N) is 1. The van der Waals surface area contributed by atoms with Gasteiger partial charge in [-0.25, -0.2) is 14.6 Å². The number of aromatic nitrogens is 2. The Morgan fingerprint density at radius 2 is 1.58 bits per heavy atom. The van der Waals surface area contributed by atoms with Crippen molar-refractivity contribution in [2.24, 2.45) is 0 Å². The Balaban J connectivity index is 1.82. The van der Waals surface area contributed by atoms with Gasteiger partial charge in [0.15, 0.2) is 0 Å². The molecule has 0 saturated carbocycles. The molecule has 2 aromatic heterocycles. The molecule has 1 N–H and O–H groups in total. The summed E-state index contributed by atoms with van der Waals surface area (Å²) in [5.74, 6) is -1.41. The van der Waals surface area contributed by atoms with E-state index in [4.69, 9.17) is 44.3 Å². The zero-order chi connectivity index (χ0) is 17.7. The number of nitrogens with one attached hydrogen (secondary N) is 1. The van der Waals surface area contributed by atoms with Crippen LogP contribution in [-0.4, -0.2) is 35.1 Å². The molecule has 0 aromatic carbocycles. The summed E-state index contributed by atoms with van der Waals surface area (Å²) >= 11 is 17.0. The highest BCUT2D eigenvalue weighted by Crippen LogP contribution is 2.20. The number of ether oxygens (including phenoxy) is 2. The van der Waals surface area contributed by atoms with Crippen molar-refractivity contribution in [3.05, 3.63) is 61.2 Å². The predicted molar refractivity (Wildman–Crippen MR) is 86.9 cm³/mol. The Morgan fingerprint density at radius 1 is 1.00 bits per heavy atom. The van der Waals surface area contributed by atoms with Gasteiger partial charge < -0.3 is 14.5 Å². The number of pyridine rings is 2. The fourth-order valence-electron chi connectivity index (χ4n) is 1.54. The van der Waals surface area contributed by atoms with Crippen molar-refractivity contribution in [2.45, 2.75) is 0 Å². The number of aromatic amines is 1. The van der Waals surface area contributed by atoms with Crippen LogP contribution >= 0.6 is 34.8 Å². The standard InChI is InChI=1S/C14H9Cl3N2O5/c15-9-3-7(5-18-11(9)17)13(21)23-1-2-24-14(22)8-4-10(16)12(20)19-6-8/h3-6H,1-2H2,(H,19,20). The second-order valence-corrected chi connectivity index (χ2v) is 5.51. The number of carbonyl (C=O) groups excluding carboxylic acids is 2. The third-order valence-electron chi connectivity index (χ3n) is 2.68. The van der Waals surface area contributed by atoms with Gasteiger partial charge in [0.25, 0.3) is 5.56 Å². The van der Waals surface area contributed by atoms with Crippen LogP contribution in [0.1, 0.15) is 20.7 Å². The Morgan fingerprint density at radius 3 is 2.17 bits per heavy atom. The molecule has 7 nitrogen and oxygen atoms in total. The smallest absolute Gasteiger partial charge is 0.339 e. The lowest BCUT2D eigenvalue weighted by molar-refractivity contribution is 0.0265. The quantitative estimate of drug-likeness (QED) is 0.478. The molecule has 2 aromatic rings. The highest BCUT2D eigenvalue weighted by Gasteiger charge is 2.12. The van der Waals surface area contributed by atoms with E-state index in [-0.39, 0.29) is 39.5 Å². The van der Waals surface area contributed by atoms with E-state index in [1.165, 1.54) is 24.5 Å². The summed E-state index contributed by atoms with van der Waals surface area (Å²) in [5.41, 5.74) is -0.333. The Labute approximate surface area is 150 Å². The Kier molecular flexibility index (Phi) is 6.19. The van der Waals surface area contributed by atoms with Crippen LogP contribution in [0.15, 0.2) is 29.3 Å². The van der Waals surface area contributed by atoms with Gasteiger partial charge in [0.1, 0.15) is 23.4 Å². The zero-order valence-corrected chi connectivity index (χ0v) is 14.1. The van der Waals surface area contributed by atoms with Crippen molar-refractivity contribution < 1.29 is 19.1 Å². The number of H-pyrrole nitrogens is 1. The first kappa shape index (κ1) is 18.3. The molecule has 24 heavy (non-hydrogen) atoms. The lowest BCUT2D eigenvalue weighted by Gasteiger charge is -2.07. The van der Waals surface area contributed by atoms with Gasteiger partial charge in [-0.1, -0.05) is 34.8 Å². The molecular weight excluding hydrogens is 383 g/mol. The first-order valence-electron chi connectivity index (χ1n) is 6.42. The topological polar surface area (TPSA) is 98.4 Å². The highest BCUT2D eigenvalue weighted by molar-refractivity contribution is 6.41. The lowest BCUT2D eigenvalue weighted by atomic mass is 10.3. The van der Waals surface area contributed by atoms with Crippen LogP contribution < -0.4 is 5.56 Å². The van der Waals surface area contributed by atoms with E-state index >= 15 is 0 Å². The third kappa shape index (κ3) is 4.70. The fourth-order valence-corrected chi connectivity index (χ4v) is 1.98. The maximum Gasteiger partial charge on any atom is 0.339 e. The van der Waals surface area contributed by atoms with Crippen LogP contribution in [0.5, 0.6) is 0 Å². The molecular formula is C14H9Cl3N2O5. The van der Waals surface area contributed by atoms with Gasteiger partial charge in [0.2, 0.25) is 0 Å². The molecule has 0 fully saturated rings. The van der Waals surface area contributed by atoms with Crippen LogP contribution in [0, 0.1) is 0 Å². The van der Waals surface area contributed by atoms with Crippen LogP contribution in [0.4, 0.5) is 0 Å². The molecule has 0 aliphatic rings. The number of hydrogen-bond acceptors (Lipinski definition) is 6. The largest absolute Gasteiger partial charge is 0.458 e. The van der Waals surface area contributed by atoms with Crippen LogP contribution in [-0.2, 0) is 9.47 Å². The number of esters is 2. The average molecular weight is 392 g/mol. The summed E-state index contributed by atoms with van der Waals surface area (Å²) in [6.07, 6.45) is 2.38. The van der Waals surface area contributed by atoms with Crippen molar-refractivity contribution in [3.63, 3.8) is 0 Å². The molecule has 2 heterocycles. The molecule has 0 unspecified atom stereocenters. The minimum atomic E-state index is -0.722. The van der Waals surface area contributed by atoms with Gasteiger partial charge in [0, 0.05) is 12.4 Å². The summed E-state index contributed by atoms with van der Waals surface area (Å²) in [7, 11) is 0. The fraction of sp³-hybridized carbons (Fsp3) is 0.143. The zero-order valence-electron chi connectivity index (χ0n) is 11.8. The minimum Gasteiger partial charge on any atom is -0.458 e. The van der Waals surface area contributed by atoms with Gasteiger partial charge in [-0.15, -0.1) is 0 Å². The van der Waals surface area contributed by atoms with Crippen molar-refractivity contribution in [3.8, 4) is 0 Å². The van der Waals surface area contributed by atoms with Crippen molar-refractivity contribution in [1.82, 2.24) is 9.97 Å². The number of hydrogen-bond donors (Lipinski definition) is 1. The summed E-state index contributed by atoms with van der Waals surface area (Å²) in [6, 6.07) is 2.49. The molecule has 0 amide bonds. The molecule has 2 rings (SSSR count). The molecule has 10 heteroatoms. The van der Waals surface area contributed by atoms with E-state index < -0.39 is 17.5 Å². The number of carbonyl (C=O) groups is 2. The van der Waals surface area contributed by atoms with Gasteiger partial charge in [-0.05, 0) is 12.1 Å². The monoisotopic (exact) mass is 390 g/mol. The lowest BCUT2D eigenvalue weighted by Crippen LogP contribution is -2.16. The third-order valence-corrected chi connectivity index (χ3v) is 3.64. The predicted octanol–water partition coefficient (Wildman–Crippen LogP) is 2.74. The van der Waals surface area contributed by atoms with E-state index in [1.54, 1.807) is 0 Å². The summed E-state index contributed by atoms with van der Waals surface area (Å²) in [5, 5.41) is 0.0530. The number of halogens is 3. The van der Waals surface area contributed by atoms with Crippen LogP contribution in [0.25, 0.3) is 0 Å². The molecule has 0 bridgehead atoms. The van der Waals surface area contributed by atoms with Crippen LogP contribution in [0.3, 0.4) is 0 Å². The second kappa shape index (κ2) is 8.14. The van der Waals surface area contributed by atoms with E-state index in [1.807, 2.05) is 0 Å². The van der Waals surface area contributed by atoms with Gasteiger partial charge in [-0.2, -0.15) is 0 Å². The summed E-state index contributed by atoms with van der Waals surface area (Å²) in [6.45, 7) is -0.363. The summed E-state index contributed by atoms with van der Waals surface area (Å²) in [4.78, 5) is 40.6. The summed E-state index contributed by atoms with van der Waals surface area (Å²) < 4.78 is 9.80. The minimum absolute atomic E-state index is 0.0691. The molecule has 0 spiro atoms. The van der Waals surface area contributed by atoms with E-state index in [0.717, 1.165) is 0 Å². The molecule has 0 atom stereocenters. The second-order valence-electron chi connectivity index (χ2n) is 4.33. The highest BCUT2D eigenvalue weighted by atomic mass is 35.5. The van der Waals surface area contributed by atoms with Crippen molar-refractivity contribution >= 4 is 46.7 Å². The molecule has 126 valence electrons. The van der Waals surface area contributed by atoms with E-state index in [2.05, 4.69) is 9.97 Å². The molecule has 0 radical (unpaired) electrons. The first-order valence-corrected chi connectivity index (χ1v) is 7.55. The molecule has 0 saturated heterocycles. The SMILES string of the molecule is O=C(OCCOC(=O)c1c[nH]c(=O)c(Cl)c1)c1cnc(Cl)c(Cl)c1. The number of rotatable bonds is 5. The van der Waals surface area contributed by atoms with Gasteiger partial charge in [-0.3, -0.25) is 4.79 Å². The van der Waals surface area contributed by atoms with Gasteiger partial charge >= 0.3 is 11.9 Å². The van der Waals surface area contributed by atoms with E-state index in [0.29, 0.717) is 0 Å². The van der Waals surface area contributed by atoms with Crippen molar-refractivity contribution in [2.75, 3.05) is 13.2 Å². The molecule has 0 aliphatic heterocycles. The maximum absolute atomic E-state index is 11.7.